The zero-order chi connectivity index (χ0) is 14.1. The fourth-order valence-corrected chi connectivity index (χ4v) is 3.45. The van der Waals surface area contributed by atoms with Crippen LogP contribution < -0.4 is 4.74 Å². The van der Waals surface area contributed by atoms with Gasteiger partial charge in [0.05, 0.1) is 12.5 Å². The fourth-order valence-electron chi connectivity index (χ4n) is 3.45. The highest BCUT2D eigenvalue weighted by Crippen LogP contribution is 2.35. The molecule has 3 rings (SSSR count). The van der Waals surface area contributed by atoms with Crippen LogP contribution in [0.25, 0.3) is 0 Å². The predicted molar refractivity (Wildman–Crippen MR) is 76.0 cm³/mol. The van der Waals surface area contributed by atoms with Crippen LogP contribution in [0.1, 0.15) is 24.8 Å². The Balaban J connectivity index is 1.69. The summed E-state index contributed by atoms with van der Waals surface area (Å²) in [5.74, 6) is 0.811. The molecule has 0 radical (unpaired) electrons. The number of hydrogen-bond donors (Lipinski definition) is 1. The van der Waals surface area contributed by atoms with Gasteiger partial charge in [-0.1, -0.05) is 25.1 Å². The van der Waals surface area contributed by atoms with E-state index in [2.05, 4.69) is 11.0 Å². The number of carboxylic acids is 1. The number of benzene rings is 1. The summed E-state index contributed by atoms with van der Waals surface area (Å²) in [7, 11) is 0. The van der Waals surface area contributed by atoms with Gasteiger partial charge in [0.25, 0.3) is 0 Å². The largest absolute Gasteiger partial charge is 0.493 e. The molecule has 0 aliphatic carbocycles. The summed E-state index contributed by atoms with van der Waals surface area (Å²) in [4.78, 5) is 13.5. The Hall–Kier alpha value is -1.55. The first-order valence-corrected chi connectivity index (χ1v) is 7.32. The Morgan fingerprint density at radius 3 is 2.95 bits per heavy atom. The van der Waals surface area contributed by atoms with Crippen LogP contribution >= 0.6 is 0 Å². The number of aliphatic carboxylic acids is 1. The van der Waals surface area contributed by atoms with Gasteiger partial charge >= 0.3 is 5.97 Å². The molecule has 1 saturated heterocycles. The molecule has 20 heavy (non-hydrogen) atoms. The van der Waals surface area contributed by atoms with Crippen LogP contribution in [0.4, 0.5) is 0 Å². The van der Waals surface area contributed by atoms with Crippen LogP contribution in [0.5, 0.6) is 5.75 Å². The van der Waals surface area contributed by atoms with Crippen LogP contribution in [0, 0.1) is 11.8 Å². The second-order valence-electron chi connectivity index (χ2n) is 6.01. The van der Waals surface area contributed by atoms with Crippen molar-refractivity contribution in [1.29, 1.82) is 0 Å². The van der Waals surface area contributed by atoms with Gasteiger partial charge in [-0.2, -0.15) is 0 Å². The number of hydrogen-bond acceptors (Lipinski definition) is 3. The van der Waals surface area contributed by atoms with Crippen molar-refractivity contribution in [3.8, 4) is 5.75 Å². The van der Waals surface area contributed by atoms with Gasteiger partial charge in [0.2, 0.25) is 0 Å². The number of para-hydroxylation sites is 1. The molecule has 1 aromatic rings. The molecule has 3 atom stereocenters. The second-order valence-corrected chi connectivity index (χ2v) is 6.01. The maximum atomic E-state index is 11.2. The van der Waals surface area contributed by atoms with E-state index in [-0.39, 0.29) is 11.8 Å². The summed E-state index contributed by atoms with van der Waals surface area (Å²) in [5.41, 5.74) is 1.27. The van der Waals surface area contributed by atoms with Gasteiger partial charge in [-0.15, -0.1) is 0 Å². The molecule has 1 fully saturated rings. The van der Waals surface area contributed by atoms with Gasteiger partial charge < -0.3 is 14.7 Å². The van der Waals surface area contributed by atoms with Crippen molar-refractivity contribution in [3.63, 3.8) is 0 Å². The minimum atomic E-state index is -0.660. The average Bonchev–Trinajstić information content (AvgIpc) is 2.80. The van der Waals surface area contributed by atoms with Gasteiger partial charge in [-0.05, 0) is 24.0 Å². The lowest BCUT2D eigenvalue weighted by atomic mass is 9.92. The summed E-state index contributed by atoms with van der Waals surface area (Å²) in [6.07, 6.45) is 1.01. The van der Waals surface area contributed by atoms with Crippen molar-refractivity contribution in [2.45, 2.75) is 19.3 Å². The monoisotopic (exact) mass is 275 g/mol. The van der Waals surface area contributed by atoms with Gasteiger partial charge in [-0.25, -0.2) is 0 Å². The third-order valence-electron chi connectivity index (χ3n) is 4.57. The predicted octanol–water partition coefficient (Wildman–Crippen LogP) is 2.21. The minimum absolute atomic E-state index is 0.218. The Labute approximate surface area is 119 Å². The van der Waals surface area contributed by atoms with E-state index < -0.39 is 5.97 Å². The van der Waals surface area contributed by atoms with Crippen LogP contribution in [0.15, 0.2) is 24.3 Å². The Kier molecular flexibility index (Phi) is 3.66. The molecule has 2 aliphatic heterocycles. The van der Waals surface area contributed by atoms with Crippen molar-refractivity contribution >= 4 is 5.97 Å². The summed E-state index contributed by atoms with van der Waals surface area (Å²) in [6.45, 7) is 5.30. The third kappa shape index (κ3) is 2.52. The third-order valence-corrected chi connectivity index (χ3v) is 4.57. The highest BCUT2D eigenvalue weighted by Gasteiger charge is 2.36. The molecule has 1 N–H and O–H groups in total. The van der Waals surface area contributed by atoms with E-state index in [0.29, 0.717) is 12.5 Å². The smallest absolute Gasteiger partial charge is 0.308 e. The number of ether oxygens (including phenoxy) is 1. The second kappa shape index (κ2) is 5.44. The summed E-state index contributed by atoms with van der Waals surface area (Å²) >= 11 is 0. The van der Waals surface area contributed by atoms with Crippen LogP contribution in [-0.2, 0) is 4.79 Å². The number of carbonyl (C=O) groups is 1. The zero-order valence-electron chi connectivity index (χ0n) is 11.8. The van der Waals surface area contributed by atoms with Gasteiger partial charge in [0.15, 0.2) is 0 Å². The van der Waals surface area contributed by atoms with Crippen molar-refractivity contribution in [3.05, 3.63) is 29.8 Å². The number of rotatable bonds is 3. The number of nitrogens with zero attached hydrogens (tertiary/aromatic N) is 1. The first-order valence-electron chi connectivity index (χ1n) is 7.32. The summed E-state index contributed by atoms with van der Waals surface area (Å²) < 4.78 is 5.69. The SMILES string of the molecule is CC1CN(CC2CCOc3ccccc32)CC1C(=O)O. The van der Waals surface area contributed by atoms with Crippen LogP contribution in [-0.4, -0.2) is 42.2 Å². The molecule has 2 aliphatic rings. The van der Waals surface area contributed by atoms with Crippen molar-refractivity contribution in [2.24, 2.45) is 11.8 Å². The minimum Gasteiger partial charge on any atom is -0.493 e. The molecule has 108 valence electrons. The number of likely N-dealkylation sites (tertiary alicyclic amines) is 1. The lowest BCUT2D eigenvalue weighted by molar-refractivity contribution is -0.142. The van der Waals surface area contributed by atoms with E-state index in [9.17, 15) is 9.90 Å². The van der Waals surface area contributed by atoms with Crippen molar-refractivity contribution in [2.75, 3.05) is 26.2 Å². The zero-order valence-corrected chi connectivity index (χ0v) is 11.8. The molecule has 3 unspecified atom stereocenters. The van der Waals surface area contributed by atoms with E-state index in [1.807, 2.05) is 25.1 Å². The topological polar surface area (TPSA) is 49.8 Å². The first kappa shape index (κ1) is 13.4. The summed E-state index contributed by atoms with van der Waals surface area (Å²) in [5, 5.41) is 9.22. The van der Waals surface area contributed by atoms with Crippen LogP contribution in [0.3, 0.4) is 0 Å². The van der Waals surface area contributed by atoms with Gasteiger partial charge in [0.1, 0.15) is 5.75 Å². The number of carboxylic acid groups (broad SMARTS) is 1. The lowest BCUT2D eigenvalue weighted by Crippen LogP contribution is -2.30. The lowest BCUT2D eigenvalue weighted by Gasteiger charge is -2.29. The maximum Gasteiger partial charge on any atom is 0.308 e. The highest BCUT2D eigenvalue weighted by atomic mass is 16.5. The molecule has 4 heteroatoms. The normalized spacial score (nSPS) is 29.8. The Morgan fingerprint density at radius 2 is 2.20 bits per heavy atom. The van der Waals surface area contributed by atoms with E-state index in [1.54, 1.807) is 0 Å². The van der Waals surface area contributed by atoms with E-state index in [1.165, 1.54) is 5.56 Å². The fraction of sp³-hybridized carbons (Fsp3) is 0.562. The van der Waals surface area contributed by atoms with Gasteiger partial charge in [0, 0.05) is 25.6 Å². The molecule has 0 spiro atoms. The number of fused-ring (bicyclic) bond motifs is 1. The highest BCUT2D eigenvalue weighted by molar-refractivity contribution is 5.71. The van der Waals surface area contributed by atoms with Crippen molar-refractivity contribution in [1.82, 2.24) is 4.90 Å². The van der Waals surface area contributed by atoms with E-state index >= 15 is 0 Å². The molecule has 0 saturated carbocycles. The first-order chi connectivity index (χ1) is 9.65. The van der Waals surface area contributed by atoms with Gasteiger partial charge in [-0.3, -0.25) is 4.79 Å². The summed E-state index contributed by atoms with van der Waals surface area (Å²) in [6, 6.07) is 8.20. The molecular weight excluding hydrogens is 254 g/mol. The average molecular weight is 275 g/mol. The molecule has 1 aromatic carbocycles. The molecule has 2 heterocycles. The van der Waals surface area contributed by atoms with E-state index in [4.69, 9.17) is 4.74 Å². The molecule has 0 aromatic heterocycles. The quantitative estimate of drug-likeness (QED) is 0.919. The van der Waals surface area contributed by atoms with Crippen LogP contribution in [0.2, 0.25) is 0 Å². The Morgan fingerprint density at radius 1 is 1.40 bits per heavy atom. The maximum absolute atomic E-state index is 11.2. The molecule has 0 amide bonds. The van der Waals surface area contributed by atoms with Crippen molar-refractivity contribution < 1.29 is 14.6 Å². The molecule has 4 nitrogen and oxygen atoms in total. The molecular formula is C16H21NO3. The standard InChI is InChI=1S/C16H21NO3/c1-11-8-17(10-14(11)16(18)19)9-12-6-7-20-15-5-3-2-4-13(12)15/h2-5,11-12,14H,6-10H2,1H3,(H,18,19). The van der Waals surface area contributed by atoms with E-state index in [0.717, 1.165) is 31.9 Å². The Bertz CT molecular complexity index is 502. The molecule has 0 bridgehead atoms.